The molecule has 1 aliphatic heterocycles. The highest BCUT2D eigenvalue weighted by Gasteiger charge is 2.24. The molecule has 2 nitrogen and oxygen atoms in total. The second kappa shape index (κ2) is 4.00. The fraction of sp³-hybridized carbons (Fsp3) is 0.875. The second-order valence-electron chi connectivity index (χ2n) is 3.21. The van der Waals surface area contributed by atoms with Gasteiger partial charge in [0.05, 0.1) is 0 Å². The Morgan fingerprint density at radius 1 is 1.73 bits per heavy atom. The average molecular weight is 174 g/mol. The van der Waals surface area contributed by atoms with Gasteiger partial charge >= 0.3 is 5.97 Å². The molecule has 0 amide bonds. The van der Waals surface area contributed by atoms with Crippen LogP contribution in [-0.2, 0) is 4.79 Å². The minimum absolute atomic E-state index is 0.336. The first-order valence-electron chi connectivity index (χ1n) is 3.99. The van der Waals surface area contributed by atoms with E-state index in [4.69, 9.17) is 5.11 Å². The Morgan fingerprint density at radius 2 is 2.36 bits per heavy atom. The van der Waals surface area contributed by atoms with Gasteiger partial charge in [-0.25, -0.2) is 0 Å². The van der Waals surface area contributed by atoms with Crippen LogP contribution in [0.1, 0.15) is 19.8 Å². The molecule has 0 bridgehead atoms. The molecule has 1 saturated heterocycles. The number of carboxylic acid groups (broad SMARTS) is 1. The Balaban J connectivity index is 2.09. The molecule has 0 aromatic heterocycles. The van der Waals surface area contributed by atoms with Gasteiger partial charge < -0.3 is 5.11 Å². The minimum atomic E-state index is -0.663. The molecule has 1 N–H and O–H groups in total. The standard InChI is InChI=1S/C8H14O2S/c1-6(2-3-8(9)10)7-4-11-5-7/h6-7H,2-5H2,1H3,(H,9,10). The first kappa shape index (κ1) is 8.91. The summed E-state index contributed by atoms with van der Waals surface area (Å²) in [5, 5.41) is 8.43. The molecule has 1 heterocycles. The molecule has 0 aliphatic carbocycles. The van der Waals surface area contributed by atoms with E-state index in [1.54, 1.807) is 0 Å². The molecule has 64 valence electrons. The zero-order valence-electron chi connectivity index (χ0n) is 6.75. The number of carbonyl (C=O) groups is 1. The van der Waals surface area contributed by atoms with E-state index < -0.39 is 5.97 Å². The van der Waals surface area contributed by atoms with Crippen molar-refractivity contribution in [2.75, 3.05) is 11.5 Å². The molecule has 1 aliphatic rings. The van der Waals surface area contributed by atoms with Crippen molar-refractivity contribution in [3.63, 3.8) is 0 Å². The highest BCUT2D eigenvalue weighted by atomic mass is 32.2. The number of rotatable bonds is 4. The van der Waals surface area contributed by atoms with Crippen LogP contribution in [0.25, 0.3) is 0 Å². The zero-order chi connectivity index (χ0) is 8.27. The van der Waals surface area contributed by atoms with Crippen molar-refractivity contribution in [1.82, 2.24) is 0 Å². The molecule has 0 aromatic carbocycles. The molecule has 11 heavy (non-hydrogen) atoms. The lowest BCUT2D eigenvalue weighted by Crippen LogP contribution is -2.25. The number of carboxylic acids is 1. The van der Waals surface area contributed by atoms with Gasteiger partial charge in [-0.05, 0) is 29.8 Å². The molecule has 0 radical (unpaired) electrons. The highest BCUT2D eigenvalue weighted by molar-refractivity contribution is 8.00. The smallest absolute Gasteiger partial charge is 0.303 e. The van der Waals surface area contributed by atoms with E-state index in [2.05, 4.69) is 6.92 Å². The van der Waals surface area contributed by atoms with Gasteiger partial charge in [-0.15, -0.1) is 0 Å². The Kier molecular flexibility index (Phi) is 3.24. The first-order valence-corrected chi connectivity index (χ1v) is 5.15. The van der Waals surface area contributed by atoms with Gasteiger partial charge in [0.25, 0.3) is 0 Å². The van der Waals surface area contributed by atoms with Gasteiger partial charge in [0.1, 0.15) is 0 Å². The lowest BCUT2D eigenvalue weighted by molar-refractivity contribution is -0.137. The van der Waals surface area contributed by atoms with Crippen LogP contribution in [0, 0.1) is 11.8 Å². The lowest BCUT2D eigenvalue weighted by atomic mass is 9.92. The average Bonchev–Trinajstić information content (AvgIpc) is 1.79. The number of hydrogen-bond acceptors (Lipinski definition) is 2. The molecule has 3 heteroatoms. The van der Waals surface area contributed by atoms with Crippen molar-refractivity contribution < 1.29 is 9.90 Å². The van der Waals surface area contributed by atoms with E-state index in [-0.39, 0.29) is 0 Å². The number of aliphatic carboxylic acids is 1. The molecular formula is C8H14O2S. The van der Waals surface area contributed by atoms with Crippen molar-refractivity contribution in [1.29, 1.82) is 0 Å². The Labute approximate surface area is 71.4 Å². The summed E-state index contributed by atoms with van der Waals surface area (Å²) in [5.74, 6) is 3.21. The Morgan fingerprint density at radius 3 is 2.73 bits per heavy atom. The Hall–Kier alpha value is -0.180. The van der Waals surface area contributed by atoms with Crippen LogP contribution >= 0.6 is 11.8 Å². The molecule has 0 saturated carbocycles. The van der Waals surface area contributed by atoms with Crippen molar-refractivity contribution in [2.45, 2.75) is 19.8 Å². The summed E-state index contributed by atoms with van der Waals surface area (Å²) >= 11 is 1.96. The van der Waals surface area contributed by atoms with E-state index in [0.29, 0.717) is 12.3 Å². The third kappa shape index (κ3) is 2.73. The van der Waals surface area contributed by atoms with Crippen LogP contribution in [0.15, 0.2) is 0 Å². The van der Waals surface area contributed by atoms with Gasteiger partial charge in [0.2, 0.25) is 0 Å². The third-order valence-electron chi connectivity index (χ3n) is 2.28. The van der Waals surface area contributed by atoms with Crippen LogP contribution < -0.4 is 0 Å². The van der Waals surface area contributed by atoms with Crippen LogP contribution in [0.2, 0.25) is 0 Å². The monoisotopic (exact) mass is 174 g/mol. The van der Waals surface area contributed by atoms with E-state index in [0.717, 1.165) is 12.3 Å². The summed E-state index contributed by atoms with van der Waals surface area (Å²) in [4.78, 5) is 10.2. The van der Waals surface area contributed by atoms with Gasteiger partial charge in [-0.1, -0.05) is 6.92 Å². The summed E-state index contributed by atoms with van der Waals surface area (Å²) < 4.78 is 0. The topological polar surface area (TPSA) is 37.3 Å². The molecule has 1 unspecified atom stereocenters. The molecule has 0 spiro atoms. The Bertz CT molecular complexity index is 143. The predicted octanol–water partition coefficient (Wildman–Crippen LogP) is 1.85. The van der Waals surface area contributed by atoms with Gasteiger partial charge in [0, 0.05) is 6.42 Å². The van der Waals surface area contributed by atoms with E-state index >= 15 is 0 Å². The normalized spacial score (nSPS) is 20.8. The molecular weight excluding hydrogens is 160 g/mol. The second-order valence-corrected chi connectivity index (χ2v) is 4.28. The molecule has 1 rings (SSSR count). The van der Waals surface area contributed by atoms with Gasteiger partial charge in [-0.2, -0.15) is 11.8 Å². The quantitative estimate of drug-likeness (QED) is 0.706. The summed E-state index contributed by atoms with van der Waals surface area (Å²) in [5.41, 5.74) is 0. The zero-order valence-corrected chi connectivity index (χ0v) is 7.56. The van der Waals surface area contributed by atoms with E-state index in [9.17, 15) is 4.79 Å². The van der Waals surface area contributed by atoms with Crippen molar-refractivity contribution >= 4 is 17.7 Å². The van der Waals surface area contributed by atoms with Crippen LogP contribution in [-0.4, -0.2) is 22.6 Å². The predicted molar refractivity (Wildman–Crippen MR) is 46.8 cm³/mol. The maximum Gasteiger partial charge on any atom is 0.303 e. The summed E-state index contributed by atoms with van der Waals surface area (Å²) in [7, 11) is 0. The first-order chi connectivity index (χ1) is 5.20. The number of hydrogen-bond donors (Lipinski definition) is 1. The molecule has 1 fully saturated rings. The van der Waals surface area contributed by atoms with Crippen molar-refractivity contribution in [3.05, 3.63) is 0 Å². The van der Waals surface area contributed by atoms with Crippen LogP contribution in [0.5, 0.6) is 0 Å². The van der Waals surface area contributed by atoms with Crippen LogP contribution in [0.3, 0.4) is 0 Å². The minimum Gasteiger partial charge on any atom is -0.481 e. The molecule has 0 aromatic rings. The maximum atomic E-state index is 10.2. The van der Waals surface area contributed by atoms with Gasteiger partial charge in [0.15, 0.2) is 0 Å². The highest BCUT2D eigenvalue weighted by Crippen LogP contribution is 2.32. The summed E-state index contributed by atoms with van der Waals surface area (Å²) in [6.45, 7) is 2.16. The number of thioether (sulfide) groups is 1. The third-order valence-corrected chi connectivity index (χ3v) is 3.61. The van der Waals surface area contributed by atoms with E-state index in [1.165, 1.54) is 11.5 Å². The van der Waals surface area contributed by atoms with Crippen LogP contribution in [0.4, 0.5) is 0 Å². The van der Waals surface area contributed by atoms with E-state index in [1.807, 2.05) is 11.8 Å². The summed E-state index contributed by atoms with van der Waals surface area (Å²) in [6, 6.07) is 0. The fourth-order valence-electron chi connectivity index (χ4n) is 1.17. The van der Waals surface area contributed by atoms with Crippen molar-refractivity contribution in [3.8, 4) is 0 Å². The lowest BCUT2D eigenvalue weighted by Gasteiger charge is -2.30. The van der Waals surface area contributed by atoms with Gasteiger partial charge in [-0.3, -0.25) is 4.79 Å². The fourth-order valence-corrected chi connectivity index (χ4v) is 2.33. The summed E-state index contributed by atoms with van der Waals surface area (Å²) in [6.07, 6.45) is 1.18. The van der Waals surface area contributed by atoms with Crippen molar-refractivity contribution in [2.24, 2.45) is 11.8 Å². The molecule has 1 atom stereocenters. The maximum absolute atomic E-state index is 10.2. The SMILES string of the molecule is CC(CCC(=O)O)C1CSC1. The largest absolute Gasteiger partial charge is 0.481 e.